The minimum atomic E-state index is -0.313. The van der Waals surface area contributed by atoms with Crippen LogP contribution in [0.15, 0.2) is 24.3 Å². The number of hydrogen-bond donors (Lipinski definition) is 0. The van der Waals surface area contributed by atoms with Gasteiger partial charge in [-0.1, -0.05) is 12.2 Å². The summed E-state index contributed by atoms with van der Waals surface area (Å²) >= 11 is 0. The van der Waals surface area contributed by atoms with Gasteiger partial charge in [-0.05, 0) is 50.7 Å². The summed E-state index contributed by atoms with van der Waals surface area (Å²) in [6.07, 6.45) is 8.78. The molecule has 0 fully saturated rings. The zero-order valence-electron chi connectivity index (χ0n) is 13.6. The first kappa shape index (κ1) is 16.4. The van der Waals surface area contributed by atoms with E-state index in [0.29, 0.717) is 17.1 Å². The molecule has 1 aliphatic rings. The highest BCUT2D eigenvalue weighted by atomic mass is 16.5. The first-order chi connectivity index (χ1) is 10.7. The Morgan fingerprint density at radius 2 is 1.91 bits per heavy atom. The van der Waals surface area contributed by atoms with Gasteiger partial charge in [-0.3, -0.25) is 0 Å². The molecular weight excluding hydrogens is 280 g/mol. The van der Waals surface area contributed by atoms with E-state index in [0.717, 1.165) is 37.7 Å². The molecule has 1 aromatic carbocycles. The predicted octanol–water partition coefficient (Wildman–Crippen LogP) is 3.92. The van der Waals surface area contributed by atoms with Crippen molar-refractivity contribution in [3.8, 4) is 11.5 Å². The summed E-state index contributed by atoms with van der Waals surface area (Å²) in [6.45, 7) is 1.92. The van der Waals surface area contributed by atoms with E-state index in [-0.39, 0.29) is 12.1 Å². The molecule has 0 spiro atoms. The molecule has 0 radical (unpaired) electrons. The van der Waals surface area contributed by atoms with Crippen LogP contribution < -0.4 is 9.47 Å². The standard InChI is InChI=1S/C18H24O4/c1-13-9-7-5-4-6-8-10-14-11-15(20-2)12-16(21-3)17(14)18(19)22-13/h4-5,11-13H,6-10H2,1-3H3/b5-4+/t13-/m1/s1. The van der Waals surface area contributed by atoms with Crippen LogP contribution in [0.4, 0.5) is 0 Å². The molecular formula is C18H24O4. The van der Waals surface area contributed by atoms with E-state index in [1.165, 1.54) is 0 Å². The van der Waals surface area contributed by atoms with Crippen LogP contribution in [0.2, 0.25) is 0 Å². The van der Waals surface area contributed by atoms with Crippen molar-refractivity contribution in [3.63, 3.8) is 0 Å². The average molecular weight is 304 g/mol. The molecule has 2 rings (SSSR count). The van der Waals surface area contributed by atoms with Crippen LogP contribution >= 0.6 is 0 Å². The number of carbonyl (C=O) groups is 1. The van der Waals surface area contributed by atoms with Gasteiger partial charge in [0.2, 0.25) is 0 Å². The third-order valence-electron chi connectivity index (χ3n) is 3.85. The molecule has 0 saturated carbocycles. The number of methoxy groups -OCH3 is 2. The Morgan fingerprint density at radius 1 is 1.14 bits per heavy atom. The summed E-state index contributed by atoms with van der Waals surface area (Å²) in [4.78, 5) is 12.6. The second-order valence-corrected chi connectivity index (χ2v) is 5.52. The first-order valence-electron chi connectivity index (χ1n) is 7.76. The Morgan fingerprint density at radius 3 is 2.64 bits per heavy atom. The molecule has 4 heteroatoms. The number of rotatable bonds is 2. The van der Waals surface area contributed by atoms with Crippen LogP contribution in [0.1, 0.15) is 48.5 Å². The second kappa shape index (κ2) is 7.87. The van der Waals surface area contributed by atoms with Gasteiger partial charge in [-0.15, -0.1) is 0 Å². The van der Waals surface area contributed by atoms with Gasteiger partial charge in [0, 0.05) is 6.07 Å². The van der Waals surface area contributed by atoms with Gasteiger partial charge < -0.3 is 14.2 Å². The van der Waals surface area contributed by atoms with Crippen LogP contribution in [-0.2, 0) is 11.2 Å². The molecule has 120 valence electrons. The largest absolute Gasteiger partial charge is 0.497 e. The molecule has 0 N–H and O–H groups in total. The van der Waals surface area contributed by atoms with Gasteiger partial charge in [-0.25, -0.2) is 4.79 Å². The van der Waals surface area contributed by atoms with E-state index in [9.17, 15) is 4.79 Å². The second-order valence-electron chi connectivity index (χ2n) is 5.52. The van der Waals surface area contributed by atoms with Crippen LogP contribution in [0.25, 0.3) is 0 Å². The van der Waals surface area contributed by atoms with Gasteiger partial charge in [0.15, 0.2) is 0 Å². The first-order valence-corrected chi connectivity index (χ1v) is 7.76. The van der Waals surface area contributed by atoms with Crippen LogP contribution in [-0.4, -0.2) is 26.3 Å². The number of hydrogen-bond acceptors (Lipinski definition) is 4. The van der Waals surface area contributed by atoms with Crippen LogP contribution in [0.3, 0.4) is 0 Å². The summed E-state index contributed by atoms with van der Waals surface area (Å²) in [6, 6.07) is 3.63. The lowest BCUT2D eigenvalue weighted by atomic mass is 9.99. The lowest BCUT2D eigenvalue weighted by Gasteiger charge is -2.18. The van der Waals surface area contributed by atoms with Crippen LogP contribution in [0.5, 0.6) is 11.5 Å². The highest BCUT2D eigenvalue weighted by molar-refractivity contribution is 5.94. The van der Waals surface area contributed by atoms with Crippen molar-refractivity contribution in [2.24, 2.45) is 0 Å². The van der Waals surface area contributed by atoms with Gasteiger partial charge in [-0.2, -0.15) is 0 Å². The van der Waals surface area contributed by atoms with Gasteiger partial charge in [0.05, 0.1) is 20.3 Å². The maximum Gasteiger partial charge on any atom is 0.342 e. The fraction of sp³-hybridized carbons (Fsp3) is 0.500. The maximum absolute atomic E-state index is 12.6. The van der Waals surface area contributed by atoms with Crippen molar-refractivity contribution in [2.45, 2.75) is 45.1 Å². The van der Waals surface area contributed by atoms with Crippen LogP contribution in [0, 0.1) is 0 Å². The monoisotopic (exact) mass is 304 g/mol. The molecule has 1 aliphatic heterocycles. The average Bonchev–Trinajstić information content (AvgIpc) is 2.51. The van der Waals surface area contributed by atoms with Crippen molar-refractivity contribution in [2.75, 3.05) is 14.2 Å². The Labute approximate surface area is 132 Å². The van der Waals surface area contributed by atoms with Crippen molar-refractivity contribution < 1.29 is 19.0 Å². The number of fused-ring (bicyclic) bond motifs is 1. The SMILES string of the molecule is COc1cc2c(c(OC)c1)C(=O)O[C@H](C)CC/C=C/CCC2. The van der Waals surface area contributed by atoms with Gasteiger partial charge in [0.1, 0.15) is 17.1 Å². The molecule has 22 heavy (non-hydrogen) atoms. The zero-order valence-corrected chi connectivity index (χ0v) is 13.6. The minimum Gasteiger partial charge on any atom is -0.497 e. The molecule has 1 heterocycles. The fourth-order valence-electron chi connectivity index (χ4n) is 2.63. The van der Waals surface area contributed by atoms with E-state index in [2.05, 4.69) is 12.2 Å². The number of aryl methyl sites for hydroxylation is 1. The Balaban J connectivity index is 2.41. The number of esters is 1. The normalized spacial score (nSPS) is 20.9. The number of benzene rings is 1. The highest BCUT2D eigenvalue weighted by Gasteiger charge is 2.22. The van der Waals surface area contributed by atoms with Crippen molar-refractivity contribution in [1.82, 2.24) is 0 Å². The topological polar surface area (TPSA) is 44.8 Å². The smallest absolute Gasteiger partial charge is 0.342 e. The van der Waals surface area contributed by atoms with E-state index in [1.54, 1.807) is 20.3 Å². The molecule has 1 atom stereocenters. The third-order valence-corrected chi connectivity index (χ3v) is 3.85. The van der Waals surface area contributed by atoms with Crippen molar-refractivity contribution >= 4 is 5.97 Å². The zero-order chi connectivity index (χ0) is 15.9. The fourth-order valence-corrected chi connectivity index (χ4v) is 2.63. The quantitative estimate of drug-likeness (QED) is 0.613. The predicted molar refractivity (Wildman–Crippen MR) is 85.7 cm³/mol. The Kier molecular flexibility index (Phi) is 5.87. The molecule has 0 aliphatic carbocycles. The number of ether oxygens (including phenoxy) is 3. The Hall–Kier alpha value is -1.97. The van der Waals surface area contributed by atoms with Crippen molar-refractivity contribution in [3.05, 3.63) is 35.4 Å². The van der Waals surface area contributed by atoms with Crippen molar-refractivity contribution in [1.29, 1.82) is 0 Å². The van der Waals surface area contributed by atoms with E-state index >= 15 is 0 Å². The minimum absolute atomic E-state index is 0.115. The molecule has 1 aromatic rings. The lowest BCUT2D eigenvalue weighted by Crippen LogP contribution is -2.17. The molecule has 0 aromatic heterocycles. The summed E-state index contributed by atoms with van der Waals surface area (Å²) in [5.41, 5.74) is 1.45. The molecule has 0 saturated heterocycles. The number of allylic oxidation sites excluding steroid dienone is 2. The lowest BCUT2D eigenvalue weighted by molar-refractivity contribution is 0.0321. The Bertz CT molecular complexity index is 548. The molecule has 4 nitrogen and oxygen atoms in total. The summed E-state index contributed by atoms with van der Waals surface area (Å²) in [5.74, 6) is 0.893. The maximum atomic E-state index is 12.6. The van der Waals surface area contributed by atoms with E-state index in [4.69, 9.17) is 14.2 Å². The van der Waals surface area contributed by atoms with Gasteiger partial charge >= 0.3 is 5.97 Å². The number of carbonyl (C=O) groups excluding carboxylic acids is 1. The highest BCUT2D eigenvalue weighted by Crippen LogP contribution is 2.31. The summed E-state index contributed by atoms with van der Waals surface area (Å²) in [5, 5.41) is 0. The number of cyclic esters (lactones) is 1. The van der Waals surface area contributed by atoms with E-state index in [1.807, 2.05) is 13.0 Å². The molecule has 0 unspecified atom stereocenters. The summed E-state index contributed by atoms with van der Waals surface area (Å²) in [7, 11) is 3.17. The third kappa shape index (κ3) is 4.03. The molecule has 0 amide bonds. The van der Waals surface area contributed by atoms with Gasteiger partial charge in [0.25, 0.3) is 0 Å². The van der Waals surface area contributed by atoms with E-state index < -0.39 is 0 Å². The molecule has 0 bridgehead atoms. The summed E-state index contributed by atoms with van der Waals surface area (Å²) < 4.78 is 16.3.